The molecule has 6 nitrogen and oxygen atoms in total. The van der Waals surface area contributed by atoms with E-state index < -0.39 is 5.82 Å². The van der Waals surface area contributed by atoms with Crippen LogP contribution in [0.3, 0.4) is 0 Å². The number of rotatable bonds is 7. The summed E-state index contributed by atoms with van der Waals surface area (Å²) in [6.07, 6.45) is 4.92. The lowest BCUT2D eigenvalue weighted by atomic mass is 9.99. The summed E-state index contributed by atoms with van der Waals surface area (Å²) in [7, 11) is 0. The van der Waals surface area contributed by atoms with Crippen molar-refractivity contribution in [3.05, 3.63) is 54.1 Å². The molecule has 0 spiro atoms. The van der Waals surface area contributed by atoms with Crippen molar-refractivity contribution >= 4 is 28.6 Å². The molecule has 2 heterocycles. The maximum Gasteiger partial charge on any atom is 0.140 e. The molecule has 2 aromatic carbocycles. The lowest BCUT2D eigenvalue weighted by Crippen LogP contribution is -2.25. The third-order valence-electron chi connectivity index (χ3n) is 5.02. The summed E-state index contributed by atoms with van der Waals surface area (Å²) in [5.74, 6) is -0.504. The molecule has 4 N–H and O–H groups in total. The van der Waals surface area contributed by atoms with Gasteiger partial charge in [0.2, 0.25) is 0 Å². The highest BCUT2D eigenvalue weighted by Gasteiger charge is 2.23. The van der Waals surface area contributed by atoms with Crippen LogP contribution in [-0.2, 0) is 0 Å². The first kappa shape index (κ1) is 19.7. The second-order valence-corrected chi connectivity index (χ2v) is 8.00. The molecule has 1 aromatic heterocycles. The van der Waals surface area contributed by atoms with Crippen molar-refractivity contribution in [3.8, 4) is 17.2 Å². The summed E-state index contributed by atoms with van der Waals surface area (Å²) in [6, 6.07) is 10.9. The normalized spacial score (nSPS) is 16.9. The standard InChI is InChI=1S/C21H22FN5OS/c22-20-2-1-14(7-16(20)10-23)15-8-17-11-24-12-19(17)21(9-15)26-18-3-5-27(13-18)29-25-4-6-28/h1-2,7-9,11-12,18,24-26,28H,3-6,13H2. The van der Waals surface area contributed by atoms with E-state index >= 15 is 0 Å². The number of aromatic nitrogens is 1. The predicted molar refractivity (Wildman–Crippen MR) is 115 cm³/mol. The molecule has 1 saturated heterocycles. The Labute approximate surface area is 173 Å². The van der Waals surface area contributed by atoms with Crippen molar-refractivity contribution in [1.82, 2.24) is 14.0 Å². The second-order valence-electron chi connectivity index (χ2n) is 7.02. The van der Waals surface area contributed by atoms with Crippen LogP contribution >= 0.6 is 12.1 Å². The molecule has 29 heavy (non-hydrogen) atoms. The highest BCUT2D eigenvalue weighted by Crippen LogP contribution is 2.33. The van der Waals surface area contributed by atoms with Crippen LogP contribution < -0.4 is 10.0 Å². The Kier molecular flexibility index (Phi) is 6.02. The van der Waals surface area contributed by atoms with Gasteiger partial charge in [0.05, 0.1) is 12.2 Å². The quantitative estimate of drug-likeness (QED) is 0.352. The molecule has 8 heteroatoms. The molecule has 0 bridgehead atoms. The first-order valence-electron chi connectivity index (χ1n) is 9.50. The van der Waals surface area contributed by atoms with E-state index in [1.807, 2.05) is 24.5 Å². The van der Waals surface area contributed by atoms with Crippen molar-refractivity contribution in [2.24, 2.45) is 0 Å². The van der Waals surface area contributed by atoms with Gasteiger partial charge in [0.15, 0.2) is 0 Å². The van der Waals surface area contributed by atoms with Crippen molar-refractivity contribution in [3.63, 3.8) is 0 Å². The number of aliphatic hydroxyl groups excluding tert-OH is 1. The topological polar surface area (TPSA) is 87.1 Å². The molecular formula is C21H22FN5OS. The number of anilines is 1. The lowest BCUT2D eigenvalue weighted by Gasteiger charge is -2.18. The van der Waals surface area contributed by atoms with Crippen LogP contribution in [0.2, 0.25) is 0 Å². The minimum atomic E-state index is -0.504. The Hall–Kier alpha value is -2.57. The van der Waals surface area contributed by atoms with Crippen LogP contribution in [-0.4, -0.2) is 46.7 Å². The number of nitriles is 1. The molecule has 1 fully saturated rings. The third-order valence-corrected chi connectivity index (χ3v) is 5.94. The van der Waals surface area contributed by atoms with Gasteiger partial charge in [-0.2, -0.15) is 5.26 Å². The maximum atomic E-state index is 13.7. The van der Waals surface area contributed by atoms with Gasteiger partial charge in [0, 0.05) is 66.7 Å². The van der Waals surface area contributed by atoms with E-state index in [0.717, 1.165) is 47.1 Å². The van der Waals surface area contributed by atoms with Crippen molar-refractivity contribution in [1.29, 1.82) is 5.26 Å². The largest absolute Gasteiger partial charge is 0.395 e. The van der Waals surface area contributed by atoms with Crippen LogP contribution in [0.5, 0.6) is 0 Å². The minimum absolute atomic E-state index is 0.0463. The zero-order chi connectivity index (χ0) is 20.2. The van der Waals surface area contributed by atoms with Gasteiger partial charge >= 0.3 is 0 Å². The van der Waals surface area contributed by atoms with Gasteiger partial charge in [-0.3, -0.25) is 0 Å². The van der Waals surface area contributed by atoms with Gasteiger partial charge < -0.3 is 15.4 Å². The average Bonchev–Trinajstić information content (AvgIpc) is 3.38. The highest BCUT2D eigenvalue weighted by molar-refractivity contribution is 7.95. The van der Waals surface area contributed by atoms with E-state index in [9.17, 15) is 4.39 Å². The minimum Gasteiger partial charge on any atom is -0.395 e. The Morgan fingerprint density at radius 1 is 1.28 bits per heavy atom. The predicted octanol–water partition coefficient (Wildman–Crippen LogP) is 3.48. The molecule has 3 aromatic rings. The first-order chi connectivity index (χ1) is 14.2. The Morgan fingerprint density at radius 2 is 2.17 bits per heavy atom. The molecule has 4 rings (SSSR count). The number of hydrogen-bond acceptors (Lipinski definition) is 6. The summed E-state index contributed by atoms with van der Waals surface area (Å²) in [6.45, 7) is 2.53. The summed E-state index contributed by atoms with van der Waals surface area (Å²) in [5.41, 5.74) is 2.81. The van der Waals surface area contributed by atoms with E-state index in [-0.39, 0.29) is 12.2 Å². The SMILES string of the molecule is N#Cc1cc(-c2cc(NC3CCN(SNCCO)C3)c3c[nH]cc3c2)ccc1F. The molecule has 0 amide bonds. The number of aliphatic hydroxyl groups is 1. The van der Waals surface area contributed by atoms with E-state index in [2.05, 4.69) is 25.4 Å². The summed E-state index contributed by atoms with van der Waals surface area (Å²) in [4.78, 5) is 3.16. The number of benzene rings is 2. The van der Waals surface area contributed by atoms with Crippen molar-refractivity contribution < 1.29 is 9.50 Å². The summed E-state index contributed by atoms with van der Waals surface area (Å²) >= 11 is 1.54. The monoisotopic (exact) mass is 411 g/mol. The van der Waals surface area contributed by atoms with Crippen molar-refractivity contribution in [2.75, 3.05) is 31.6 Å². The molecule has 1 aliphatic heterocycles. The molecule has 0 radical (unpaired) electrons. The summed E-state index contributed by atoms with van der Waals surface area (Å²) < 4.78 is 19.1. The van der Waals surface area contributed by atoms with Crippen LogP contribution in [0.4, 0.5) is 10.1 Å². The van der Waals surface area contributed by atoms with Gasteiger partial charge in [0.1, 0.15) is 11.9 Å². The first-order valence-corrected chi connectivity index (χ1v) is 10.3. The zero-order valence-electron chi connectivity index (χ0n) is 15.8. The number of hydrogen-bond donors (Lipinski definition) is 4. The van der Waals surface area contributed by atoms with Gasteiger partial charge in [-0.1, -0.05) is 6.07 Å². The van der Waals surface area contributed by atoms with E-state index in [4.69, 9.17) is 10.4 Å². The van der Waals surface area contributed by atoms with Gasteiger partial charge in [-0.05, 0) is 41.8 Å². The third kappa shape index (κ3) is 4.38. The Bertz CT molecular complexity index is 1050. The number of nitrogens with one attached hydrogen (secondary N) is 3. The average molecular weight is 412 g/mol. The fourth-order valence-corrected chi connectivity index (χ4v) is 4.40. The molecule has 1 aliphatic rings. The van der Waals surface area contributed by atoms with Gasteiger partial charge in [0.25, 0.3) is 0 Å². The zero-order valence-corrected chi connectivity index (χ0v) is 16.6. The summed E-state index contributed by atoms with van der Waals surface area (Å²) in [5, 5.41) is 23.8. The molecule has 0 saturated carbocycles. The fourth-order valence-electron chi connectivity index (χ4n) is 3.58. The van der Waals surface area contributed by atoms with Crippen LogP contribution in [0.25, 0.3) is 21.9 Å². The van der Waals surface area contributed by atoms with Crippen LogP contribution in [0, 0.1) is 17.1 Å². The second kappa shape index (κ2) is 8.84. The maximum absolute atomic E-state index is 13.7. The number of nitrogens with zero attached hydrogens (tertiary/aromatic N) is 2. The van der Waals surface area contributed by atoms with Crippen molar-refractivity contribution in [2.45, 2.75) is 12.5 Å². The Balaban J connectivity index is 1.57. The molecule has 1 unspecified atom stereocenters. The Morgan fingerprint density at radius 3 is 3.00 bits per heavy atom. The molecular weight excluding hydrogens is 389 g/mol. The lowest BCUT2D eigenvalue weighted by molar-refractivity contribution is 0.302. The van der Waals surface area contributed by atoms with Crippen LogP contribution in [0.15, 0.2) is 42.7 Å². The van der Waals surface area contributed by atoms with Crippen LogP contribution in [0.1, 0.15) is 12.0 Å². The number of halogens is 1. The molecule has 1 atom stereocenters. The fraction of sp³-hybridized carbons (Fsp3) is 0.286. The van der Waals surface area contributed by atoms with E-state index in [1.54, 1.807) is 24.3 Å². The van der Waals surface area contributed by atoms with Gasteiger partial charge in [-0.25, -0.2) is 13.4 Å². The molecule has 0 aliphatic carbocycles. The smallest absolute Gasteiger partial charge is 0.140 e. The number of H-pyrrole nitrogens is 1. The van der Waals surface area contributed by atoms with Gasteiger partial charge in [-0.15, -0.1) is 0 Å². The number of aromatic amines is 1. The van der Waals surface area contributed by atoms with E-state index in [1.165, 1.54) is 6.07 Å². The highest BCUT2D eigenvalue weighted by atomic mass is 32.2. The molecule has 150 valence electrons. The van der Waals surface area contributed by atoms with E-state index in [0.29, 0.717) is 12.6 Å². The number of fused-ring (bicyclic) bond motifs is 1.